The quantitative estimate of drug-likeness (QED) is 0.118. The zero-order valence-corrected chi connectivity index (χ0v) is 21.0. The molecule has 0 saturated heterocycles. The van der Waals surface area contributed by atoms with Gasteiger partial charge in [-0.25, -0.2) is 26.0 Å². The standard InChI is InChI=1S/C14H10F16O7S.Na/c15-7(16)11(23,24)13(27,28)9(19,20)2-36-5(31)1-4(38(33,34)35)6(32)37-3-10(21,22)14(29,30)12(25,26)8(17)18;/h4,7-8H,1-3H2,(H,33,34,35);/q;+1/p-1. The van der Waals surface area contributed by atoms with Gasteiger partial charge in [0.25, 0.3) is 0 Å². The molecule has 0 aromatic rings. The van der Waals surface area contributed by atoms with E-state index in [0.29, 0.717) is 0 Å². The second-order valence-corrected chi connectivity index (χ2v) is 8.41. The molecule has 25 heteroatoms. The first kappa shape index (κ1) is 39.9. The molecule has 1 atom stereocenters. The second-order valence-electron chi connectivity index (χ2n) is 6.86. The summed E-state index contributed by atoms with van der Waals surface area (Å²) >= 11 is 0. The van der Waals surface area contributed by atoms with Crippen molar-refractivity contribution in [3.63, 3.8) is 0 Å². The third kappa shape index (κ3) is 8.38. The molecular weight excluding hydrogens is 639 g/mol. The number of halogens is 16. The van der Waals surface area contributed by atoms with Gasteiger partial charge in [0, 0.05) is 0 Å². The fourth-order valence-electron chi connectivity index (χ4n) is 1.88. The minimum absolute atomic E-state index is 0. The van der Waals surface area contributed by atoms with E-state index in [1.807, 2.05) is 0 Å². The molecule has 226 valence electrons. The Labute approximate surface area is 227 Å². The molecule has 0 aromatic carbocycles. The number of carbonyl (C=O) groups excluding carboxylic acids is 2. The molecule has 0 aliphatic heterocycles. The van der Waals surface area contributed by atoms with Gasteiger partial charge in [0.2, 0.25) is 0 Å². The number of hydrogen-bond donors (Lipinski definition) is 0. The van der Waals surface area contributed by atoms with Crippen LogP contribution in [0.4, 0.5) is 70.2 Å². The fraction of sp³-hybridized carbons (Fsp3) is 0.857. The molecule has 0 N–H and O–H groups in total. The van der Waals surface area contributed by atoms with Crippen LogP contribution in [0.5, 0.6) is 0 Å². The Bertz CT molecular complexity index is 972. The molecule has 0 spiro atoms. The topological polar surface area (TPSA) is 110 Å². The van der Waals surface area contributed by atoms with Crippen molar-refractivity contribution in [3.8, 4) is 0 Å². The monoisotopic (exact) mass is 648 g/mol. The average Bonchev–Trinajstić information content (AvgIpc) is 2.72. The molecule has 0 saturated carbocycles. The van der Waals surface area contributed by atoms with E-state index in [9.17, 15) is 92.8 Å². The van der Waals surface area contributed by atoms with Gasteiger partial charge in [-0.15, -0.1) is 0 Å². The van der Waals surface area contributed by atoms with Crippen LogP contribution in [-0.4, -0.2) is 91.8 Å². The van der Waals surface area contributed by atoms with Crippen LogP contribution in [0.1, 0.15) is 6.42 Å². The molecule has 0 amide bonds. The van der Waals surface area contributed by atoms with Crippen molar-refractivity contribution in [2.24, 2.45) is 0 Å². The number of alkyl halides is 16. The third-order valence-electron chi connectivity index (χ3n) is 4.08. The molecule has 1 unspecified atom stereocenters. The van der Waals surface area contributed by atoms with Gasteiger partial charge in [-0.05, 0) is 0 Å². The summed E-state index contributed by atoms with van der Waals surface area (Å²) < 4.78 is 244. The molecule has 0 aliphatic carbocycles. The van der Waals surface area contributed by atoms with Gasteiger partial charge < -0.3 is 14.0 Å². The van der Waals surface area contributed by atoms with Crippen molar-refractivity contribution in [2.75, 3.05) is 13.2 Å². The van der Waals surface area contributed by atoms with E-state index in [1.165, 1.54) is 0 Å². The Kier molecular flexibility index (Phi) is 13.0. The van der Waals surface area contributed by atoms with E-state index < -0.39 is 95.3 Å². The van der Waals surface area contributed by atoms with Crippen molar-refractivity contribution in [3.05, 3.63) is 0 Å². The molecular formula is C14H9F16NaO7S. The van der Waals surface area contributed by atoms with Crippen molar-refractivity contribution in [1.29, 1.82) is 0 Å². The van der Waals surface area contributed by atoms with Gasteiger partial charge in [-0.1, -0.05) is 0 Å². The number of hydrogen-bond acceptors (Lipinski definition) is 7. The number of rotatable bonds is 14. The van der Waals surface area contributed by atoms with Gasteiger partial charge in [-0.2, -0.15) is 52.7 Å². The molecule has 0 radical (unpaired) electrons. The largest absolute Gasteiger partial charge is 1.00 e. The summed E-state index contributed by atoms with van der Waals surface area (Å²) in [7, 11) is -6.40. The first-order chi connectivity index (χ1) is 16.5. The van der Waals surface area contributed by atoms with Crippen molar-refractivity contribution in [2.45, 2.75) is 60.1 Å². The Morgan fingerprint density at radius 2 is 0.974 bits per heavy atom. The summed E-state index contributed by atoms with van der Waals surface area (Å²) in [6.45, 7) is -6.62. The van der Waals surface area contributed by atoms with Crippen LogP contribution in [-0.2, 0) is 29.2 Å². The zero-order valence-electron chi connectivity index (χ0n) is 18.2. The molecule has 0 aromatic heterocycles. The predicted molar refractivity (Wildman–Crippen MR) is 81.7 cm³/mol. The van der Waals surface area contributed by atoms with E-state index in [2.05, 4.69) is 9.47 Å². The summed E-state index contributed by atoms with van der Waals surface area (Å²) in [6, 6.07) is 0. The van der Waals surface area contributed by atoms with Gasteiger partial charge in [0.1, 0.15) is 10.1 Å². The fourth-order valence-corrected chi connectivity index (χ4v) is 2.53. The minimum atomic E-state index is -7.00. The Balaban J connectivity index is 0. The summed E-state index contributed by atoms with van der Waals surface area (Å²) in [5.41, 5.74) is 0. The second kappa shape index (κ2) is 12.7. The summed E-state index contributed by atoms with van der Waals surface area (Å²) in [5, 5.41) is -3.77. The first-order valence-corrected chi connectivity index (χ1v) is 10.1. The molecule has 0 heterocycles. The van der Waals surface area contributed by atoms with E-state index >= 15 is 0 Å². The summed E-state index contributed by atoms with van der Waals surface area (Å²) in [4.78, 5) is 22.8. The minimum Gasteiger partial charge on any atom is -0.747 e. The molecule has 0 rings (SSSR count). The normalized spacial score (nSPS) is 15.2. The van der Waals surface area contributed by atoms with Crippen molar-refractivity contribution in [1.82, 2.24) is 0 Å². The number of carbonyl (C=O) groups is 2. The van der Waals surface area contributed by atoms with Crippen LogP contribution < -0.4 is 29.6 Å². The molecule has 0 fully saturated rings. The Morgan fingerprint density at radius 3 is 1.26 bits per heavy atom. The zero-order chi connectivity index (χ0) is 30.9. The molecule has 0 bridgehead atoms. The SMILES string of the molecule is O=C(CC(C(=O)OCC(F)(F)C(F)(F)C(F)(F)C(F)F)S(=O)(=O)[O-])OCC(F)(F)C(F)(F)C(F)(F)C(F)F.[Na+]. The van der Waals surface area contributed by atoms with Crippen LogP contribution in [0, 0.1) is 0 Å². The van der Waals surface area contributed by atoms with Crippen molar-refractivity contribution < 1.29 is 132 Å². The van der Waals surface area contributed by atoms with Crippen LogP contribution in [0.3, 0.4) is 0 Å². The maximum absolute atomic E-state index is 13.3. The number of esters is 2. The van der Waals surface area contributed by atoms with Crippen LogP contribution in [0.15, 0.2) is 0 Å². The number of ether oxygens (including phenoxy) is 2. The molecule has 39 heavy (non-hydrogen) atoms. The molecule has 7 nitrogen and oxygen atoms in total. The Hall–Kier alpha value is -1.27. The summed E-state index contributed by atoms with van der Waals surface area (Å²) in [5.74, 6) is -46.0. The maximum atomic E-state index is 13.3. The van der Waals surface area contributed by atoms with Gasteiger partial charge in [-0.3, -0.25) is 9.59 Å². The first-order valence-electron chi connectivity index (χ1n) is 8.61. The summed E-state index contributed by atoms with van der Waals surface area (Å²) in [6.07, 6.45) is -13.3. The Morgan fingerprint density at radius 1 is 0.667 bits per heavy atom. The molecule has 0 aliphatic rings. The van der Waals surface area contributed by atoms with E-state index in [4.69, 9.17) is 0 Å². The average molecular weight is 648 g/mol. The third-order valence-corrected chi connectivity index (χ3v) is 5.13. The van der Waals surface area contributed by atoms with Crippen LogP contribution in [0.2, 0.25) is 0 Å². The van der Waals surface area contributed by atoms with E-state index in [1.54, 1.807) is 0 Å². The van der Waals surface area contributed by atoms with Gasteiger partial charge in [0.15, 0.2) is 18.5 Å². The van der Waals surface area contributed by atoms with Crippen LogP contribution >= 0.6 is 0 Å². The smallest absolute Gasteiger partial charge is 0.747 e. The van der Waals surface area contributed by atoms with Crippen molar-refractivity contribution >= 4 is 22.1 Å². The maximum Gasteiger partial charge on any atom is 1.00 e. The van der Waals surface area contributed by atoms with Gasteiger partial charge in [0.05, 0.1) is 6.42 Å². The van der Waals surface area contributed by atoms with Gasteiger partial charge >= 0.3 is 89.9 Å². The predicted octanol–water partition coefficient (Wildman–Crippen LogP) is 0.723. The van der Waals surface area contributed by atoms with E-state index in [-0.39, 0.29) is 29.6 Å². The van der Waals surface area contributed by atoms with Crippen LogP contribution in [0.25, 0.3) is 0 Å². The van der Waals surface area contributed by atoms with E-state index in [0.717, 1.165) is 0 Å².